The van der Waals surface area contributed by atoms with Crippen LogP contribution < -0.4 is 11.1 Å². The second-order valence-electron chi connectivity index (χ2n) is 5.69. The number of carbonyl (C=O) groups excluding carboxylic acids is 2. The zero-order chi connectivity index (χ0) is 16.9. The summed E-state index contributed by atoms with van der Waals surface area (Å²) in [5.41, 5.74) is 5.68. The summed E-state index contributed by atoms with van der Waals surface area (Å²) in [7, 11) is 0. The first-order valence-electron chi connectivity index (χ1n) is 7.53. The largest absolute Gasteiger partial charge is 0.480 e. The van der Waals surface area contributed by atoms with Crippen molar-refractivity contribution in [2.75, 3.05) is 12.3 Å². The second kappa shape index (κ2) is 8.38. The highest BCUT2D eigenvalue weighted by molar-refractivity contribution is 7.80. The lowest BCUT2D eigenvalue weighted by Gasteiger charge is -2.28. The van der Waals surface area contributed by atoms with Crippen molar-refractivity contribution in [1.29, 1.82) is 0 Å². The van der Waals surface area contributed by atoms with Crippen LogP contribution in [0.25, 0.3) is 0 Å². The Bertz CT molecular complexity index is 432. The van der Waals surface area contributed by atoms with E-state index in [-0.39, 0.29) is 17.6 Å². The molecule has 0 bridgehead atoms. The third kappa shape index (κ3) is 4.36. The van der Waals surface area contributed by atoms with E-state index in [1.165, 1.54) is 4.90 Å². The van der Waals surface area contributed by atoms with Gasteiger partial charge >= 0.3 is 5.97 Å². The van der Waals surface area contributed by atoms with Crippen LogP contribution in [0.5, 0.6) is 0 Å². The number of carboxylic acid groups (broad SMARTS) is 1. The van der Waals surface area contributed by atoms with Crippen molar-refractivity contribution in [2.24, 2.45) is 11.7 Å². The number of rotatable bonds is 7. The average molecular weight is 331 g/mol. The lowest BCUT2D eigenvalue weighted by Crippen LogP contribution is -2.55. The van der Waals surface area contributed by atoms with Crippen LogP contribution in [0.15, 0.2) is 0 Å². The first kappa shape index (κ1) is 18.8. The molecule has 0 aromatic carbocycles. The maximum Gasteiger partial charge on any atom is 0.326 e. The van der Waals surface area contributed by atoms with Crippen molar-refractivity contribution in [3.63, 3.8) is 0 Å². The molecule has 8 heteroatoms. The Kier molecular flexibility index (Phi) is 7.15. The van der Waals surface area contributed by atoms with Gasteiger partial charge in [0, 0.05) is 12.3 Å². The van der Waals surface area contributed by atoms with E-state index in [9.17, 15) is 19.5 Å². The normalized spacial score (nSPS) is 22.0. The standard InChI is InChI=1S/C14H25N3O4S/c1-3-8(2)11(14(20)21)16-12(18)10-5-4-6-17(10)13(19)9(15)7-22/h8-11,22H,3-7,15H2,1-2H3,(H,16,18)(H,20,21). The molecule has 4 unspecified atom stereocenters. The first-order valence-corrected chi connectivity index (χ1v) is 8.16. The maximum absolute atomic E-state index is 12.4. The maximum atomic E-state index is 12.4. The number of nitrogens with zero attached hydrogens (tertiary/aromatic N) is 1. The highest BCUT2D eigenvalue weighted by atomic mass is 32.1. The number of carboxylic acids is 1. The molecule has 126 valence electrons. The van der Waals surface area contributed by atoms with Gasteiger partial charge in [-0.2, -0.15) is 12.6 Å². The fourth-order valence-corrected chi connectivity index (χ4v) is 2.68. The van der Waals surface area contributed by atoms with Gasteiger partial charge in [0.05, 0.1) is 6.04 Å². The topological polar surface area (TPSA) is 113 Å². The first-order chi connectivity index (χ1) is 10.3. The number of amides is 2. The number of carbonyl (C=O) groups is 3. The zero-order valence-corrected chi connectivity index (χ0v) is 13.9. The number of hydrogen-bond acceptors (Lipinski definition) is 5. The van der Waals surface area contributed by atoms with Crippen LogP contribution in [-0.2, 0) is 14.4 Å². The van der Waals surface area contributed by atoms with E-state index >= 15 is 0 Å². The number of thiol groups is 1. The van der Waals surface area contributed by atoms with Crippen LogP contribution >= 0.6 is 12.6 Å². The number of nitrogens with two attached hydrogens (primary N) is 1. The Labute approximate surface area is 136 Å². The van der Waals surface area contributed by atoms with Crippen molar-refractivity contribution >= 4 is 30.4 Å². The molecular weight excluding hydrogens is 306 g/mol. The van der Waals surface area contributed by atoms with Gasteiger partial charge in [-0.25, -0.2) is 4.79 Å². The van der Waals surface area contributed by atoms with Gasteiger partial charge in [0.2, 0.25) is 11.8 Å². The number of hydrogen-bond donors (Lipinski definition) is 4. The van der Waals surface area contributed by atoms with Gasteiger partial charge in [-0.1, -0.05) is 20.3 Å². The molecule has 2 amide bonds. The Balaban J connectivity index is 2.78. The van der Waals surface area contributed by atoms with Gasteiger partial charge in [-0.05, 0) is 18.8 Å². The molecule has 0 saturated carbocycles. The van der Waals surface area contributed by atoms with Gasteiger partial charge in [0.15, 0.2) is 0 Å². The third-order valence-electron chi connectivity index (χ3n) is 4.13. The van der Waals surface area contributed by atoms with Gasteiger partial charge < -0.3 is 21.1 Å². The summed E-state index contributed by atoms with van der Waals surface area (Å²) in [6, 6.07) is -2.35. The van der Waals surface area contributed by atoms with Gasteiger partial charge in [-0.3, -0.25) is 9.59 Å². The van der Waals surface area contributed by atoms with Crippen molar-refractivity contribution in [1.82, 2.24) is 10.2 Å². The van der Waals surface area contributed by atoms with Gasteiger partial charge in [0.25, 0.3) is 0 Å². The molecule has 0 aromatic rings. The van der Waals surface area contributed by atoms with Crippen molar-refractivity contribution < 1.29 is 19.5 Å². The van der Waals surface area contributed by atoms with E-state index in [2.05, 4.69) is 17.9 Å². The second-order valence-corrected chi connectivity index (χ2v) is 6.05. The SMILES string of the molecule is CCC(C)C(NC(=O)C1CCCN1C(=O)C(N)CS)C(=O)O. The molecular formula is C14H25N3O4S. The Morgan fingerprint density at radius 3 is 2.59 bits per heavy atom. The van der Waals surface area contributed by atoms with Crippen LogP contribution in [0.4, 0.5) is 0 Å². The van der Waals surface area contributed by atoms with Gasteiger partial charge in [0.1, 0.15) is 12.1 Å². The lowest BCUT2D eigenvalue weighted by molar-refractivity contribution is -0.145. The van der Waals surface area contributed by atoms with Crippen LogP contribution in [0.2, 0.25) is 0 Å². The molecule has 7 nitrogen and oxygen atoms in total. The van der Waals surface area contributed by atoms with E-state index in [1.54, 1.807) is 6.92 Å². The molecule has 22 heavy (non-hydrogen) atoms. The molecule has 1 aliphatic rings. The molecule has 1 rings (SSSR count). The van der Waals surface area contributed by atoms with E-state index in [0.29, 0.717) is 25.8 Å². The molecule has 1 saturated heterocycles. The summed E-state index contributed by atoms with van der Waals surface area (Å²) in [5.74, 6) is -1.79. The third-order valence-corrected chi connectivity index (χ3v) is 4.52. The summed E-state index contributed by atoms with van der Waals surface area (Å²) in [6.07, 6.45) is 1.85. The monoisotopic (exact) mass is 331 g/mol. The molecule has 1 heterocycles. The highest BCUT2D eigenvalue weighted by Crippen LogP contribution is 2.19. The molecule has 4 atom stereocenters. The molecule has 0 aromatic heterocycles. The lowest BCUT2D eigenvalue weighted by atomic mass is 9.98. The van der Waals surface area contributed by atoms with E-state index in [4.69, 9.17) is 5.73 Å². The summed E-state index contributed by atoms with van der Waals surface area (Å²) in [4.78, 5) is 37.3. The zero-order valence-electron chi connectivity index (χ0n) is 13.0. The Hall–Kier alpha value is -1.28. The predicted octanol–water partition coefficient (Wildman–Crippen LogP) is -0.150. The van der Waals surface area contributed by atoms with Crippen LogP contribution in [0.3, 0.4) is 0 Å². The molecule has 1 fully saturated rings. The molecule has 4 N–H and O–H groups in total. The van der Waals surface area contributed by atoms with Crippen molar-refractivity contribution in [3.8, 4) is 0 Å². The van der Waals surface area contributed by atoms with Crippen molar-refractivity contribution in [2.45, 2.75) is 51.2 Å². The molecule has 1 aliphatic heterocycles. The fourth-order valence-electron chi connectivity index (χ4n) is 2.53. The van der Waals surface area contributed by atoms with Crippen LogP contribution in [0.1, 0.15) is 33.1 Å². The smallest absolute Gasteiger partial charge is 0.326 e. The number of aliphatic carboxylic acids is 1. The quantitative estimate of drug-likeness (QED) is 0.485. The number of likely N-dealkylation sites (tertiary alicyclic amines) is 1. The van der Waals surface area contributed by atoms with E-state index < -0.39 is 30.0 Å². The van der Waals surface area contributed by atoms with Gasteiger partial charge in [-0.15, -0.1) is 0 Å². The molecule has 0 spiro atoms. The fraction of sp³-hybridized carbons (Fsp3) is 0.786. The minimum atomic E-state index is -1.06. The minimum absolute atomic E-state index is 0.188. The Morgan fingerprint density at radius 2 is 2.09 bits per heavy atom. The summed E-state index contributed by atoms with van der Waals surface area (Å²) in [5, 5.41) is 11.8. The number of nitrogens with one attached hydrogen (secondary N) is 1. The van der Waals surface area contributed by atoms with E-state index in [0.717, 1.165) is 0 Å². The average Bonchev–Trinajstić information content (AvgIpc) is 2.99. The Morgan fingerprint density at radius 1 is 1.45 bits per heavy atom. The van der Waals surface area contributed by atoms with Crippen LogP contribution in [-0.4, -0.2) is 58.2 Å². The summed E-state index contributed by atoms with van der Waals surface area (Å²) < 4.78 is 0. The molecule has 0 radical (unpaired) electrons. The summed E-state index contributed by atoms with van der Waals surface area (Å²) >= 11 is 4.00. The highest BCUT2D eigenvalue weighted by Gasteiger charge is 2.37. The van der Waals surface area contributed by atoms with Crippen molar-refractivity contribution in [3.05, 3.63) is 0 Å². The van der Waals surface area contributed by atoms with E-state index in [1.807, 2.05) is 6.92 Å². The minimum Gasteiger partial charge on any atom is -0.480 e. The molecule has 0 aliphatic carbocycles. The van der Waals surface area contributed by atoms with Crippen LogP contribution in [0, 0.1) is 5.92 Å². The predicted molar refractivity (Wildman–Crippen MR) is 85.6 cm³/mol. The summed E-state index contributed by atoms with van der Waals surface area (Å²) in [6.45, 7) is 4.09.